The van der Waals surface area contributed by atoms with Crippen LogP contribution in [0.3, 0.4) is 0 Å². The number of carboxylic acid groups (broad SMARTS) is 1. The van der Waals surface area contributed by atoms with E-state index in [1.165, 1.54) is 37.3 Å². The third kappa shape index (κ3) is 46.4. The summed E-state index contributed by atoms with van der Waals surface area (Å²) in [5.41, 5.74) is 11.5. The molecule has 518 valence electrons. The van der Waals surface area contributed by atoms with E-state index in [9.17, 15) is 84.1 Å². The Balaban J connectivity index is 5.14. The average molecular weight is 1310 g/mol. The van der Waals surface area contributed by atoms with Gasteiger partial charge in [-0.3, -0.25) is 9.55 Å². The molecule has 0 radical (unpaired) electrons. The van der Waals surface area contributed by atoms with Crippen LogP contribution in [0.1, 0.15) is 125 Å². The van der Waals surface area contributed by atoms with Crippen molar-refractivity contribution in [2.75, 3.05) is 13.1 Å². The van der Waals surface area contributed by atoms with Crippen LogP contribution in [0.15, 0.2) is 162 Å². The molecule has 0 aromatic heterocycles. The Morgan fingerprint density at radius 2 is 1.03 bits per heavy atom. The number of aliphatic hydroxyl groups excluding tert-OH is 13. The largest absolute Gasteiger partial charge is 0.478 e. The van der Waals surface area contributed by atoms with Crippen molar-refractivity contribution in [1.29, 1.82) is 0 Å². The van der Waals surface area contributed by atoms with Gasteiger partial charge >= 0.3 is 16.4 Å². The molecular weight excluding hydrogens is 1200 g/mol. The molecule has 18 atom stereocenters. The molecule has 0 rings (SSSR count). The van der Waals surface area contributed by atoms with Crippen molar-refractivity contribution < 1.29 is 93.4 Å². The lowest BCUT2D eigenvalue weighted by molar-refractivity contribution is -0.132. The first kappa shape index (κ1) is 85.7. The zero-order valence-electron chi connectivity index (χ0n) is 53.5. The number of carbonyl (C=O) groups is 1. The number of hydrogen-bond donors (Lipinski definition) is 18. The SMILES string of the molecule is C=C(C)CNC(CC(O)CC(O)C=CCC(O)CC(O)CC(O)C=CCC(O)CC(O)C(O)C(O)CC(O)CC(O)CCCN=C(N)N)C(C)C(CC=CC=CC=CC=CC=CC=CC(O)C(C)C(O)C(C)C=CCCC=CC=CC=C(C)C(=O)O)OS(=O)(=O)O. The Bertz CT molecular complexity index is 2520. The van der Waals surface area contributed by atoms with Crippen LogP contribution in [0, 0.1) is 17.8 Å². The predicted octanol–water partition coefficient (Wildman–Crippen LogP) is 4.19. The van der Waals surface area contributed by atoms with Gasteiger partial charge in [-0.25, -0.2) is 8.98 Å². The fraction of sp³-hybridized carbons (Fsp3) is 0.582. The first-order valence-electron chi connectivity index (χ1n) is 31.0. The molecule has 0 aliphatic carbocycles. The summed E-state index contributed by atoms with van der Waals surface area (Å²) in [6, 6.07) is -0.587. The van der Waals surface area contributed by atoms with Gasteiger partial charge in [-0.15, -0.1) is 0 Å². The highest BCUT2D eigenvalue weighted by molar-refractivity contribution is 7.80. The third-order valence-electron chi connectivity index (χ3n) is 14.5. The van der Waals surface area contributed by atoms with Crippen LogP contribution < -0.4 is 16.8 Å². The first-order chi connectivity index (χ1) is 42.8. The van der Waals surface area contributed by atoms with Gasteiger partial charge in [0.2, 0.25) is 0 Å². The highest BCUT2D eigenvalue weighted by atomic mass is 32.3. The van der Waals surface area contributed by atoms with Gasteiger partial charge < -0.3 is 88.3 Å². The van der Waals surface area contributed by atoms with E-state index in [1.54, 1.807) is 106 Å². The van der Waals surface area contributed by atoms with Crippen molar-refractivity contribution in [1.82, 2.24) is 5.32 Å². The van der Waals surface area contributed by atoms with Gasteiger partial charge in [0, 0.05) is 62.2 Å². The van der Waals surface area contributed by atoms with Gasteiger partial charge in [0.1, 0.15) is 6.10 Å². The van der Waals surface area contributed by atoms with E-state index >= 15 is 0 Å². The number of carboxylic acids is 1. The summed E-state index contributed by atoms with van der Waals surface area (Å²) in [7, 11) is -4.89. The second kappa shape index (κ2) is 50.2. The predicted molar refractivity (Wildman–Crippen MR) is 356 cm³/mol. The smallest absolute Gasteiger partial charge is 0.397 e. The van der Waals surface area contributed by atoms with Gasteiger partial charge in [-0.05, 0) is 84.0 Å². The molecule has 0 aliphatic heterocycles. The summed E-state index contributed by atoms with van der Waals surface area (Å²) >= 11 is 0. The van der Waals surface area contributed by atoms with Crippen LogP contribution >= 0.6 is 0 Å². The van der Waals surface area contributed by atoms with Crippen LogP contribution in [-0.2, 0) is 19.4 Å². The molecule has 0 aromatic rings. The number of rotatable bonds is 51. The number of nitrogens with zero attached hydrogens (tertiary/aromatic N) is 1. The average Bonchev–Trinajstić information content (AvgIpc) is 1.40. The van der Waals surface area contributed by atoms with E-state index < -0.39 is 120 Å². The Hall–Kier alpha value is -5.33. The maximum atomic E-state index is 12.0. The summed E-state index contributed by atoms with van der Waals surface area (Å²) < 4.78 is 38.7. The molecule has 0 aliphatic rings. The number of nitrogens with two attached hydrogens (primary N) is 2. The Kier molecular flexibility index (Phi) is 47.3. The Morgan fingerprint density at radius 3 is 1.58 bits per heavy atom. The molecule has 0 spiro atoms. The molecule has 0 heterocycles. The second-order valence-electron chi connectivity index (χ2n) is 23.2. The minimum atomic E-state index is -4.89. The van der Waals surface area contributed by atoms with E-state index in [-0.39, 0.29) is 88.1 Å². The van der Waals surface area contributed by atoms with E-state index in [2.05, 4.69) is 16.9 Å². The number of nitrogens with one attached hydrogen (secondary N) is 1. The van der Waals surface area contributed by atoms with Crippen LogP contribution in [0.4, 0.5) is 0 Å². The first-order valence-corrected chi connectivity index (χ1v) is 32.4. The molecule has 0 fully saturated rings. The molecule has 0 aromatic carbocycles. The van der Waals surface area contributed by atoms with Crippen LogP contribution in [0.25, 0.3) is 0 Å². The molecule has 0 saturated carbocycles. The topological polar surface area (TPSA) is 440 Å². The van der Waals surface area contributed by atoms with E-state index in [0.717, 1.165) is 18.4 Å². The van der Waals surface area contributed by atoms with Crippen LogP contribution in [0.2, 0.25) is 0 Å². The summed E-state index contributed by atoms with van der Waals surface area (Å²) in [5.74, 6) is -2.26. The minimum Gasteiger partial charge on any atom is -0.478 e. The maximum absolute atomic E-state index is 12.0. The van der Waals surface area contributed by atoms with E-state index in [4.69, 9.17) is 20.8 Å². The normalized spacial score (nSPS) is 19.5. The van der Waals surface area contributed by atoms with Gasteiger partial charge in [0.15, 0.2) is 5.96 Å². The van der Waals surface area contributed by atoms with Crippen molar-refractivity contribution in [2.24, 2.45) is 34.2 Å². The van der Waals surface area contributed by atoms with Crippen LogP contribution in [0.5, 0.6) is 0 Å². The molecule has 20 N–H and O–H groups in total. The van der Waals surface area contributed by atoms with Crippen LogP contribution in [-0.4, -0.2) is 201 Å². The second-order valence-corrected chi connectivity index (χ2v) is 24.3. The fourth-order valence-corrected chi connectivity index (χ4v) is 9.73. The maximum Gasteiger partial charge on any atom is 0.397 e. The van der Waals surface area contributed by atoms with Gasteiger partial charge in [-0.1, -0.05) is 173 Å². The summed E-state index contributed by atoms with van der Waals surface area (Å²) in [5, 5.41) is 149. The quantitative estimate of drug-likeness (QED) is 0.00772. The molecule has 0 bridgehead atoms. The molecule has 91 heavy (non-hydrogen) atoms. The third-order valence-corrected chi connectivity index (χ3v) is 15.0. The van der Waals surface area contributed by atoms with Gasteiger partial charge in [-0.2, -0.15) is 8.42 Å². The molecule has 0 amide bonds. The summed E-state index contributed by atoms with van der Waals surface area (Å²) in [6.07, 6.45) is 23.5. The highest BCUT2D eigenvalue weighted by Gasteiger charge is 2.32. The fourth-order valence-electron chi connectivity index (χ4n) is 9.16. The van der Waals surface area contributed by atoms with Gasteiger partial charge in [0.25, 0.3) is 0 Å². The zero-order valence-corrected chi connectivity index (χ0v) is 54.4. The lowest BCUT2D eigenvalue weighted by Crippen LogP contribution is -2.44. The molecular formula is C67H110N4O19S. The molecule has 0 saturated heterocycles. The molecule has 18 unspecified atom stereocenters. The van der Waals surface area contributed by atoms with Crippen molar-refractivity contribution in [2.45, 2.75) is 216 Å². The van der Waals surface area contributed by atoms with Crippen molar-refractivity contribution in [3.63, 3.8) is 0 Å². The highest BCUT2D eigenvalue weighted by Crippen LogP contribution is 2.24. The number of unbranched alkanes of at least 4 members (excludes halogenated alkanes) is 1. The number of aliphatic carboxylic acids is 1. The van der Waals surface area contributed by atoms with Crippen molar-refractivity contribution >= 4 is 22.3 Å². The summed E-state index contributed by atoms with van der Waals surface area (Å²) in [6.45, 7) is 13.2. The van der Waals surface area contributed by atoms with Crippen molar-refractivity contribution in [3.05, 3.63) is 157 Å². The standard InChI is InChI=1S/C67H110N4O19S/c1-46(2)45-71-59(42-57(78)40-53(74)31-25-30-51(72)38-56(77)39-52(73)32-26-33-55(76)43-61(81)65(84)62(82)44-58(79)41-54(75)34-27-37-70-67(68)69)49(5)63(90-91(87,88)89)36-24-20-16-11-9-7-8-10-15-19-23-35-60(80)50(6)64(83)47(3)28-21-17-13-12-14-18-22-29-48(4)66(85)86/h7-12,14-16,18-26,28-29,31-32,35,47,49-65,71-84H,1,13,17,27,30,33-34,36-45H2,2-6H3,(H,85,86)(H4,68,69,70)(H,87,88,89). The van der Waals surface area contributed by atoms with E-state index in [1.807, 2.05) is 31.2 Å². The van der Waals surface area contributed by atoms with E-state index in [0.29, 0.717) is 19.5 Å². The lowest BCUT2D eigenvalue weighted by atomic mass is 9.88. The van der Waals surface area contributed by atoms with Crippen molar-refractivity contribution in [3.8, 4) is 0 Å². The minimum absolute atomic E-state index is 0.0115. The number of aliphatic hydroxyl groups is 13. The number of hydrogen-bond acceptors (Lipinski definition) is 19. The Morgan fingerprint density at radius 1 is 0.549 bits per heavy atom. The lowest BCUT2D eigenvalue weighted by Gasteiger charge is -2.32. The summed E-state index contributed by atoms with van der Waals surface area (Å²) in [4.78, 5) is 14.6. The zero-order chi connectivity index (χ0) is 68.9. The molecule has 23 nitrogen and oxygen atoms in total. The number of allylic oxidation sites excluding steroid dienone is 16. The Labute approximate surface area is 539 Å². The monoisotopic (exact) mass is 1310 g/mol. The number of guanidine groups is 1. The molecule has 24 heteroatoms. The number of aliphatic imine (C=N–C) groups is 1. The van der Waals surface area contributed by atoms with Gasteiger partial charge in [0.05, 0.1) is 79.4 Å².